The number of benzene rings is 2. The summed E-state index contributed by atoms with van der Waals surface area (Å²) >= 11 is 0. The minimum atomic E-state index is -1.42. The number of rotatable bonds is 14. The van der Waals surface area contributed by atoms with Crippen LogP contribution in [0, 0.1) is 11.3 Å². The summed E-state index contributed by atoms with van der Waals surface area (Å²) < 4.78 is 21.3. The molecule has 0 saturated heterocycles. The van der Waals surface area contributed by atoms with Crippen molar-refractivity contribution < 1.29 is 43.2 Å². The Morgan fingerprint density at radius 2 is 1.32 bits per heavy atom. The quantitative estimate of drug-likeness (QED) is 0.153. The standard InChI is InChI=1S/C33H46N2O9/c1-32(2,3)26(20-36)34-28(37)27(35-30(39)44-33(4,5)6)25(29(38)42-21-23-14-9-7-10-15-23)18-13-19-41-31(40)43-22-24-16-11-8-12-17-24/h7-12,14-17,25-27,36H,13,18-22H2,1-6H3,(H,34,37)(H,35,39)/t25-,26+,27+/m0/s1. The molecule has 0 saturated carbocycles. The molecular formula is C33H46N2O9. The Morgan fingerprint density at radius 3 is 1.82 bits per heavy atom. The molecule has 2 rings (SSSR count). The van der Waals surface area contributed by atoms with Crippen LogP contribution in [0.1, 0.15) is 65.5 Å². The number of esters is 1. The smallest absolute Gasteiger partial charge is 0.461 e. The molecule has 11 nitrogen and oxygen atoms in total. The van der Waals surface area contributed by atoms with Gasteiger partial charge in [-0.05, 0) is 50.2 Å². The third-order valence-corrected chi connectivity index (χ3v) is 6.51. The van der Waals surface area contributed by atoms with Gasteiger partial charge in [0.25, 0.3) is 0 Å². The second kappa shape index (κ2) is 17.2. The van der Waals surface area contributed by atoms with E-state index >= 15 is 0 Å². The first-order valence-corrected chi connectivity index (χ1v) is 14.6. The number of nitrogens with one attached hydrogen (secondary N) is 2. The van der Waals surface area contributed by atoms with Gasteiger partial charge in [0.1, 0.15) is 24.9 Å². The summed E-state index contributed by atoms with van der Waals surface area (Å²) in [5.74, 6) is -2.63. The maximum absolute atomic E-state index is 13.6. The SMILES string of the molecule is CC(C)(C)OC(=O)N[C@@H](C(=O)N[C@H](CO)C(C)(C)C)[C@H](CCCOC(=O)OCc1ccccc1)C(=O)OCc1ccccc1. The normalized spacial score (nSPS) is 13.5. The fourth-order valence-corrected chi connectivity index (χ4v) is 4.05. The molecule has 3 N–H and O–H groups in total. The van der Waals surface area contributed by atoms with Crippen LogP contribution in [0.2, 0.25) is 0 Å². The van der Waals surface area contributed by atoms with Gasteiger partial charge in [0, 0.05) is 0 Å². The topological polar surface area (TPSA) is 149 Å². The number of hydrogen-bond donors (Lipinski definition) is 3. The zero-order valence-electron chi connectivity index (χ0n) is 26.5. The van der Waals surface area contributed by atoms with Crippen LogP contribution in [-0.4, -0.2) is 60.1 Å². The first-order chi connectivity index (χ1) is 20.7. The number of carbonyl (C=O) groups is 4. The van der Waals surface area contributed by atoms with Gasteiger partial charge in [-0.1, -0.05) is 81.4 Å². The van der Waals surface area contributed by atoms with E-state index in [0.717, 1.165) is 11.1 Å². The van der Waals surface area contributed by atoms with Gasteiger partial charge in [0.2, 0.25) is 5.91 Å². The summed E-state index contributed by atoms with van der Waals surface area (Å²) in [6.07, 6.45) is -1.63. The van der Waals surface area contributed by atoms with E-state index in [1.54, 1.807) is 45.0 Å². The zero-order valence-corrected chi connectivity index (χ0v) is 26.5. The lowest BCUT2D eigenvalue weighted by molar-refractivity contribution is -0.153. The molecule has 0 fully saturated rings. The molecule has 0 radical (unpaired) electrons. The van der Waals surface area contributed by atoms with Crippen LogP contribution < -0.4 is 10.6 Å². The molecule has 0 aliphatic carbocycles. The van der Waals surface area contributed by atoms with Gasteiger partial charge < -0.3 is 34.7 Å². The van der Waals surface area contributed by atoms with Crippen molar-refractivity contribution in [2.75, 3.05) is 13.2 Å². The Labute approximate surface area is 259 Å². The predicted molar refractivity (Wildman–Crippen MR) is 163 cm³/mol. The Hall–Kier alpha value is -4.12. The Balaban J connectivity index is 2.21. The Morgan fingerprint density at radius 1 is 0.773 bits per heavy atom. The molecular weight excluding hydrogens is 568 g/mol. The second-order valence-electron chi connectivity index (χ2n) is 12.4. The number of carbonyl (C=O) groups excluding carboxylic acids is 4. The number of aliphatic hydroxyl groups is 1. The number of alkyl carbamates (subject to hydrolysis) is 1. The summed E-state index contributed by atoms with van der Waals surface area (Å²) in [5, 5.41) is 15.2. The minimum absolute atomic E-state index is 0.00673. The predicted octanol–water partition coefficient (Wildman–Crippen LogP) is 4.90. The highest BCUT2D eigenvalue weighted by Gasteiger charge is 2.39. The number of hydrogen-bond acceptors (Lipinski definition) is 9. The number of amides is 2. The highest BCUT2D eigenvalue weighted by atomic mass is 16.7. The van der Waals surface area contributed by atoms with Gasteiger partial charge in [-0.25, -0.2) is 9.59 Å². The summed E-state index contributed by atoms with van der Waals surface area (Å²) in [6.45, 7) is 10.0. The Kier molecular flexibility index (Phi) is 14.1. The first-order valence-electron chi connectivity index (χ1n) is 14.6. The molecule has 44 heavy (non-hydrogen) atoms. The third kappa shape index (κ3) is 13.5. The fourth-order valence-electron chi connectivity index (χ4n) is 4.05. The van der Waals surface area contributed by atoms with Crippen molar-refractivity contribution in [3.63, 3.8) is 0 Å². The van der Waals surface area contributed by atoms with Crippen molar-refractivity contribution >= 4 is 24.1 Å². The lowest BCUT2D eigenvalue weighted by Crippen LogP contribution is -2.58. The molecule has 0 aliphatic rings. The molecule has 0 aromatic heterocycles. The summed E-state index contributed by atoms with van der Waals surface area (Å²) in [6, 6.07) is 16.0. The van der Waals surface area contributed by atoms with E-state index in [1.807, 2.05) is 57.2 Å². The lowest BCUT2D eigenvalue weighted by Gasteiger charge is -2.33. The Bertz CT molecular complexity index is 1190. The van der Waals surface area contributed by atoms with Gasteiger partial charge >= 0.3 is 18.2 Å². The van der Waals surface area contributed by atoms with Crippen LogP contribution in [0.5, 0.6) is 0 Å². The second-order valence-corrected chi connectivity index (χ2v) is 12.4. The van der Waals surface area contributed by atoms with E-state index in [-0.39, 0.29) is 39.3 Å². The number of ether oxygens (including phenoxy) is 4. The average molecular weight is 615 g/mol. The molecule has 2 amide bonds. The van der Waals surface area contributed by atoms with Gasteiger partial charge in [-0.3, -0.25) is 9.59 Å². The van der Waals surface area contributed by atoms with Gasteiger partial charge in [0.05, 0.1) is 25.2 Å². The first kappa shape index (κ1) is 36.1. The molecule has 0 heterocycles. The monoisotopic (exact) mass is 614 g/mol. The maximum atomic E-state index is 13.6. The van der Waals surface area contributed by atoms with E-state index in [2.05, 4.69) is 10.6 Å². The fraction of sp³-hybridized carbons (Fsp3) is 0.515. The van der Waals surface area contributed by atoms with Crippen molar-refractivity contribution in [2.24, 2.45) is 11.3 Å². The van der Waals surface area contributed by atoms with Gasteiger partial charge in [-0.2, -0.15) is 0 Å². The average Bonchev–Trinajstić information content (AvgIpc) is 2.96. The van der Waals surface area contributed by atoms with E-state index < -0.39 is 53.1 Å². The van der Waals surface area contributed by atoms with Crippen LogP contribution in [0.25, 0.3) is 0 Å². The van der Waals surface area contributed by atoms with Crippen LogP contribution in [0.4, 0.5) is 9.59 Å². The van der Waals surface area contributed by atoms with Crippen molar-refractivity contribution in [1.29, 1.82) is 0 Å². The van der Waals surface area contributed by atoms with E-state index in [4.69, 9.17) is 18.9 Å². The van der Waals surface area contributed by atoms with Crippen molar-refractivity contribution in [1.82, 2.24) is 10.6 Å². The van der Waals surface area contributed by atoms with Gasteiger partial charge in [-0.15, -0.1) is 0 Å². The molecule has 3 atom stereocenters. The van der Waals surface area contributed by atoms with Crippen LogP contribution >= 0.6 is 0 Å². The minimum Gasteiger partial charge on any atom is -0.461 e. The number of aliphatic hydroxyl groups excluding tert-OH is 1. The summed E-state index contributed by atoms with van der Waals surface area (Å²) in [5.41, 5.74) is 0.127. The third-order valence-electron chi connectivity index (χ3n) is 6.51. The summed E-state index contributed by atoms with van der Waals surface area (Å²) in [4.78, 5) is 52.1. The highest BCUT2D eigenvalue weighted by molar-refractivity contribution is 5.91. The molecule has 0 spiro atoms. The maximum Gasteiger partial charge on any atom is 0.508 e. The highest BCUT2D eigenvalue weighted by Crippen LogP contribution is 2.22. The molecule has 0 aliphatic heterocycles. The van der Waals surface area contributed by atoms with E-state index in [1.165, 1.54) is 0 Å². The molecule has 2 aromatic carbocycles. The van der Waals surface area contributed by atoms with Crippen molar-refractivity contribution in [2.45, 2.75) is 85.3 Å². The van der Waals surface area contributed by atoms with E-state index in [9.17, 15) is 24.3 Å². The summed E-state index contributed by atoms with van der Waals surface area (Å²) in [7, 11) is 0. The largest absolute Gasteiger partial charge is 0.508 e. The zero-order chi connectivity index (χ0) is 32.8. The van der Waals surface area contributed by atoms with Crippen molar-refractivity contribution in [3.05, 3.63) is 71.8 Å². The van der Waals surface area contributed by atoms with Crippen LogP contribution in [0.3, 0.4) is 0 Å². The molecule has 0 unspecified atom stereocenters. The molecule has 2 aromatic rings. The molecule has 242 valence electrons. The van der Waals surface area contributed by atoms with Crippen LogP contribution in [-0.2, 0) is 41.8 Å². The van der Waals surface area contributed by atoms with E-state index in [0.29, 0.717) is 0 Å². The molecule has 11 heteroatoms. The van der Waals surface area contributed by atoms with Gasteiger partial charge in [0.15, 0.2) is 0 Å². The molecule has 0 bridgehead atoms. The van der Waals surface area contributed by atoms with Crippen LogP contribution in [0.15, 0.2) is 60.7 Å². The lowest BCUT2D eigenvalue weighted by atomic mass is 9.86. The van der Waals surface area contributed by atoms with Crippen molar-refractivity contribution in [3.8, 4) is 0 Å².